The third kappa shape index (κ3) is 3.74. The van der Waals surface area contributed by atoms with Crippen molar-refractivity contribution in [3.05, 3.63) is 29.8 Å². The molecule has 0 bridgehead atoms. The van der Waals surface area contributed by atoms with E-state index in [1.807, 2.05) is 0 Å². The molecule has 100 valence electrons. The summed E-state index contributed by atoms with van der Waals surface area (Å²) in [4.78, 5) is 0.136. The van der Waals surface area contributed by atoms with Crippen molar-refractivity contribution in [1.82, 2.24) is 4.72 Å². The number of ether oxygens (including phenoxy) is 1. The minimum Gasteiger partial charge on any atom is -0.389 e. The average Bonchev–Trinajstić information content (AvgIpc) is 2.36. The van der Waals surface area contributed by atoms with E-state index in [-0.39, 0.29) is 22.5 Å². The number of thiocarbonyl (C=S) groups is 1. The van der Waals surface area contributed by atoms with Crippen LogP contribution in [0.25, 0.3) is 0 Å². The van der Waals surface area contributed by atoms with Crippen LogP contribution in [0.1, 0.15) is 12.5 Å². The summed E-state index contributed by atoms with van der Waals surface area (Å²) in [7, 11) is -2.12. The molecule has 0 aliphatic carbocycles. The standard InChI is InChI=1S/C11H16N2O3S2/c1-8(16-2)7-13-18(14,15)10-6-4-3-5-9(10)11(12)17/h3-6,8,13H,7H2,1-2H3,(H2,12,17). The van der Waals surface area contributed by atoms with Crippen molar-refractivity contribution >= 4 is 27.2 Å². The lowest BCUT2D eigenvalue weighted by Crippen LogP contribution is -2.32. The van der Waals surface area contributed by atoms with E-state index in [2.05, 4.69) is 4.72 Å². The first kappa shape index (κ1) is 15.0. The van der Waals surface area contributed by atoms with Gasteiger partial charge >= 0.3 is 0 Å². The molecule has 1 rings (SSSR count). The van der Waals surface area contributed by atoms with E-state index in [9.17, 15) is 8.42 Å². The molecule has 18 heavy (non-hydrogen) atoms. The molecule has 7 heteroatoms. The maximum atomic E-state index is 12.1. The second-order valence-electron chi connectivity index (χ2n) is 3.76. The number of hydrogen-bond acceptors (Lipinski definition) is 4. The molecule has 0 saturated carbocycles. The molecule has 0 spiro atoms. The van der Waals surface area contributed by atoms with Gasteiger partial charge in [0.15, 0.2) is 0 Å². The van der Waals surface area contributed by atoms with Gasteiger partial charge in [-0.1, -0.05) is 30.4 Å². The van der Waals surface area contributed by atoms with Crippen molar-refractivity contribution in [1.29, 1.82) is 0 Å². The zero-order chi connectivity index (χ0) is 13.8. The summed E-state index contributed by atoms with van der Waals surface area (Å²) in [6, 6.07) is 6.35. The maximum absolute atomic E-state index is 12.1. The van der Waals surface area contributed by atoms with Gasteiger partial charge in [-0.05, 0) is 13.0 Å². The van der Waals surface area contributed by atoms with E-state index in [1.54, 1.807) is 25.1 Å². The molecule has 0 heterocycles. The van der Waals surface area contributed by atoms with Gasteiger partial charge in [0, 0.05) is 19.2 Å². The summed E-state index contributed by atoms with van der Waals surface area (Å²) in [6.07, 6.45) is -0.211. The topological polar surface area (TPSA) is 81.4 Å². The van der Waals surface area contributed by atoms with Gasteiger partial charge < -0.3 is 10.5 Å². The van der Waals surface area contributed by atoms with Crippen molar-refractivity contribution in [3.63, 3.8) is 0 Å². The fraction of sp³-hybridized carbons (Fsp3) is 0.364. The minimum atomic E-state index is -3.64. The van der Waals surface area contributed by atoms with E-state index >= 15 is 0 Å². The average molecular weight is 288 g/mol. The second kappa shape index (κ2) is 6.24. The molecule has 0 saturated heterocycles. The molecule has 0 amide bonds. The Morgan fingerprint density at radius 2 is 2.11 bits per heavy atom. The van der Waals surface area contributed by atoms with E-state index in [4.69, 9.17) is 22.7 Å². The molecule has 0 aliphatic heterocycles. The third-order valence-corrected chi connectivity index (χ3v) is 4.11. The van der Waals surface area contributed by atoms with Crippen LogP contribution < -0.4 is 10.5 Å². The lowest BCUT2D eigenvalue weighted by atomic mass is 10.2. The third-order valence-electron chi connectivity index (χ3n) is 2.41. The Labute approximate surface area is 112 Å². The summed E-state index contributed by atoms with van der Waals surface area (Å²) < 4.78 is 31.6. The molecule has 0 aromatic heterocycles. The van der Waals surface area contributed by atoms with Crippen LogP contribution in [0.15, 0.2) is 29.2 Å². The molecule has 1 atom stereocenters. The van der Waals surface area contributed by atoms with Crippen LogP contribution in [0.5, 0.6) is 0 Å². The number of hydrogen-bond donors (Lipinski definition) is 2. The highest BCUT2D eigenvalue weighted by atomic mass is 32.2. The Hall–Kier alpha value is -1.02. The summed E-state index contributed by atoms with van der Waals surface area (Å²) in [5.74, 6) is 0. The van der Waals surface area contributed by atoms with Crippen LogP contribution in [0.4, 0.5) is 0 Å². The highest BCUT2D eigenvalue weighted by Crippen LogP contribution is 2.15. The lowest BCUT2D eigenvalue weighted by Gasteiger charge is -2.13. The Morgan fingerprint density at radius 1 is 1.50 bits per heavy atom. The molecule has 5 nitrogen and oxygen atoms in total. The van der Waals surface area contributed by atoms with Gasteiger partial charge in [0.2, 0.25) is 10.0 Å². The van der Waals surface area contributed by atoms with Crippen LogP contribution >= 0.6 is 12.2 Å². The highest BCUT2D eigenvalue weighted by Gasteiger charge is 2.19. The Morgan fingerprint density at radius 3 is 2.67 bits per heavy atom. The van der Waals surface area contributed by atoms with Crippen LogP contribution in [0.2, 0.25) is 0 Å². The summed E-state index contributed by atoms with van der Waals surface area (Å²) in [5, 5.41) is 0. The maximum Gasteiger partial charge on any atom is 0.241 e. The van der Waals surface area contributed by atoms with Gasteiger partial charge in [-0.2, -0.15) is 0 Å². The van der Waals surface area contributed by atoms with Gasteiger partial charge in [0.25, 0.3) is 0 Å². The number of methoxy groups -OCH3 is 1. The zero-order valence-corrected chi connectivity index (χ0v) is 11.8. The van der Waals surface area contributed by atoms with Gasteiger partial charge in [-0.25, -0.2) is 13.1 Å². The molecule has 1 aromatic carbocycles. The van der Waals surface area contributed by atoms with E-state index in [1.165, 1.54) is 13.2 Å². The Kier molecular flexibility index (Phi) is 5.21. The lowest BCUT2D eigenvalue weighted by molar-refractivity contribution is 0.122. The number of rotatable bonds is 6. The first-order valence-electron chi connectivity index (χ1n) is 5.29. The number of benzene rings is 1. The molecule has 3 N–H and O–H groups in total. The predicted molar refractivity (Wildman–Crippen MR) is 74.0 cm³/mol. The first-order valence-corrected chi connectivity index (χ1v) is 7.19. The normalized spacial score (nSPS) is 13.2. The number of sulfonamides is 1. The monoisotopic (exact) mass is 288 g/mol. The summed E-state index contributed by atoms with van der Waals surface area (Å²) in [6.45, 7) is 1.95. The Bertz CT molecular complexity index is 529. The fourth-order valence-corrected chi connectivity index (χ4v) is 2.87. The minimum absolute atomic E-state index is 0.0516. The molecule has 0 aliphatic rings. The second-order valence-corrected chi connectivity index (χ2v) is 5.93. The molecule has 0 fully saturated rings. The molecular formula is C11H16N2O3S2. The van der Waals surface area contributed by atoms with Crippen molar-refractivity contribution in [3.8, 4) is 0 Å². The fourth-order valence-electron chi connectivity index (χ4n) is 1.29. The summed E-state index contributed by atoms with van der Waals surface area (Å²) in [5.41, 5.74) is 5.85. The smallest absolute Gasteiger partial charge is 0.241 e. The summed E-state index contributed by atoms with van der Waals surface area (Å²) >= 11 is 4.84. The zero-order valence-electron chi connectivity index (χ0n) is 10.2. The molecule has 1 aromatic rings. The SMILES string of the molecule is COC(C)CNS(=O)(=O)c1ccccc1C(N)=S. The van der Waals surface area contributed by atoms with E-state index < -0.39 is 10.0 Å². The highest BCUT2D eigenvalue weighted by molar-refractivity contribution is 7.89. The van der Waals surface area contributed by atoms with Crippen molar-refractivity contribution < 1.29 is 13.2 Å². The number of nitrogens with two attached hydrogens (primary N) is 1. The van der Waals surface area contributed by atoms with E-state index in [0.717, 1.165) is 0 Å². The van der Waals surface area contributed by atoms with Crippen LogP contribution in [-0.2, 0) is 14.8 Å². The van der Waals surface area contributed by atoms with Gasteiger partial charge in [0.05, 0.1) is 11.0 Å². The van der Waals surface area contributed by atoms with Gasteiger partial charge in [-0.3, -0.25) is 0 Å². The largest absolute Gasteiger partial charge is 0.389 e. The Balaban J connectivity index is 3.02. The number of nitrogens with one attached hydrogen (secondary N) is 1. The molecule has 1 unspecified atom stereocenters. The van der Waals surface area contributed by atoms with Gasteiger partial charge in [-0.15, -0.1) is 0 Å². The predicted octanol–water partition coefficient (Wildman–Crippen LogP) is 0.634. The van der Waals surface area contributed by atoms with Crippen LogP contribution in [-0.4, -0.2) is 33.2 Å². The molecule has 0 radical (unpaired) electrons. The van der Waals surface area contributed by atoms with Gasteiger partial charge in [0.1, 0.15) is 4.99 Å². The van der Waals surface area contributed by atoms with Crippen LogP contribution in [0, 0.1) is 0 Å². The van der Waals surface area contributed by atoms with E-state index in [0.29, 0.717) is 5.56 Å². The van der Waals surface area contributed by atoms with Crippen LogP contribution in [0.3, 0.4) is 0 Å². The molecular weight excluding hydrogens is 272 g/mol. The van der Waals surface area contributed by atoms with Crippen molar-refractivity contribution in [2.75, 3.05) is 13.7 Å². The van der Waals surface area contributed by atoms with Crippen molar-refractivity contribution in [2.24, 2.45) is 5.73 Å². The quantitative estimate of drug-likeness (QED) is 0.751. The van der Waals surface area contributed by atoms with Crippen molar-refractivity contribution in [2.45, 2.75) is 17.9 Å². The first-order chi connectivity index (χ1) is 8.38.